The number of thiazole rings is 1. The Labute approximate surface area is 221 Å². The number of thiophene rings is 1. The first kappa shape index (κ1) is 25.4. The second-order valence-electron chi connectivity index (χ2n) is 6.58. The molecule has 0 aliphatic carbocycles. The van der Waals surface area contributed by atoms with Gasteiger partial charge >= 0.3 is 29.6 Å². The van der Waals surface area contributed by atoms with E-state index in [0.717, 1.165) is 16.7 Å². The monoisotopic (exact) mass is 518 g/mol. The van der Waals surface area contributed by atoms with Gasteiger partial charge in [0.05, 0.1) is 11.7 Å². The van der Waals surface area contributed by atoms with Crippen LogP contribution in [0.2, 0.25) is 0 Å². The molecule has 0 radical (unpaired) electrons. The number of nitrogens with one attached hydrogen (secondary N) is 1. The molecule has 162 valence electrons. The van der Waals surface area contributed by atoms with Gasteiger partial charge in [-0.1, -0.05) is 11.8 Å². The second-order valence-corrected chi connectivity index (χ2v) is 10.3. The van der Waals surface area contributed by atoms with Crippen molar-refractivity contribution in [1.82, 2.24) is 15.2 Å². The van der Waals surface area contributed by atoms with Gasteiger partial charge in [0.1, 0.15) is 17.5 Å². The third-order valence-corrected chi connectivity index (χ3v) is 8.60. The van der Waals surface area contributed by atoms with Crippen LogP contribution >= 0.6 is 46.2 Å². The standard InChI is InChI=1S/C18H16N4O5S4.Na/c19-10(8-1-3-28-5-8)13(23)21-11-15(24)22-12(17(25)26)9(6-30-16(11)22)7-31-18(27)14-20-2-4-29-14;/h1-5,10-11,16H,6-7,19H2,(H,21,23)(H,25,26);/q;+1/p-1/t10?,11?,16-;/m1./s1. The number of rotatable bonds is 7. The summed E-state index contributed by atoms with van der Waals surface area (Å²) in [6.45, 7) is 0. The van der Waals surface area contributed by atoms with Gasteiger partial charge in [0.25, 0.3) is 5.91 Å². The molecule has 1 saturated heterocycles. The number of nitrogens with zero attached hydrogens (tertiary/aromatic N) is 2. The van der Waals surface area contributed by atoms with Crippen LogP contribution in [-0.4, -0.2) is 55.7 Å². The molecule has 3 atom stereocenters. The molecular formula is C18H15N4NaO5S4. The zero-order valence-electron chi connectivity index (χ0n) is 16.7. The molecule has 2 aromatic rings. The topological polar surface area (TPSA) is 146 Å². The first-order valence-corrected chi connectivity index (χ1v) is 12.8. The zero-order chi connectivity index (χ0) is 22.1. The number of carboxylic acid groups (broad SMARTS) is 1. The van der Waals surface area contributed by atoms with Crippen LogP contribution in [0.5, 0.6) is 0 Å². The molecule has 14 heteroatoms. The minimum absolute atomic E-state index is 0. The van der Waals surface area contributed by atoms with Crippen molar-refractivity contribution in [3.8, 4) is 0 Å². The van der Waals surface area contributed by atoms with E-state index in [2.05, 4.69) is 10.3 Å². The molecule has 0 spiro atoms. The number of aliphatic carboxylic acids is 1. The SMILES string of the molecule is NC(C(=O)NC1C(=O)N2C(C(=O)[O-])=C(CSC(=O)c3nccs3)CS[C@H]12)c1ccsc1.[Na+]. The normalized spacial score (nSPS) is 20.7. The Morgan fingerprint density at radius 2 is 2.16 bits per heavy atom. The van der Waals surface area contributed by atoms with E-state index in [1.165, 1.54) is 40.6 Å². The third-order valence-electron chi connectivity index (χ3n) is 4.71. The zero-order valence-corrected chi connectivity index (χ0v) is 21.9. The molecule has 2 unspecified atom stereocenters. The van der Waals surface area contributed by atoms with Gasteiger partial charge in [0.2, 0.25) is 11.0 Å². The van der Waals surface area contributed by atoms with E-state index in [4.69, 9.17) is 5.73 Å². The summed E-state index contributed by atoms with van der Waals surface area (Å²) in [5.74, 6) is -2.15. The van der Waals surface area contributed by atoms with Crippen molar-refractivity contribution in [2.45, 2.75) is 17.5 Å². The number of aromatic nitrogens is 1. The van der Waals surface area contributed by atoms with E-state index >= 15 is 0 Å². The van der Waals surface area contributed by atoms with E-state index < -0.39 is 35.2 Å². The molecule has 4 rings (SSSR count). The number of carbonyl (C=O) groups excluding carboxylic acids is 4. The molecule has 2 aromatic heterocycles. The molecule has 0 aromatic carbocycles. The Kier molecular flexibility index (Phi) is 8.60. The largest absolute Gasteiger partial charge is 1.00 e. The fourth-order valence-corrected chi connectivity index (χ4v) is 6.85. The average molecular weight is 519 g/mol. The Bertz CT molecular complexity index is 1060. The van der Waals surface area contributed by atoms with Crippen molar-refractivity contribution < 1.29 is 53.8 Å². The summed E-state index contributed by atoms with van der Waals surface area (Å²) in [5, 5.41) is 19.1. The van der Waals surface area contributed by atoms with Crippen LogP contribution in [0, 0.1) is 0 Å². The summed E-state index contributed by atoms with van der Waals surface area (Å²) in [6.07, 6.45) is 1.52. The number of carboxylic acids is 1. The fourth-order valence-electron chi connectivity index (χ4n) is 3.17. The Morgan fingerprint density at radius 3 is 2.78 bits per heavy atom. The molecule has 0 saturated carbocycles. The first-order chi connectivity index (χ1) is 14.9. The number of fused-ring (bicyclic) bond motifs is 1. The number of amides is 2. The van der Waals surface area contributed by atoms with Gasteiger partial charge in [-0.2, -0.15) is 11.3 Å². The van der Waals surface area contributed by atoms with Gasteiger partial charge in [0, 0.05) is 23.1 Å². The third kappa shape index (κ3) is 4.99. The van der Waals surface area contributed by atoms with Crippen molar-refractivity contribution in [2.75, 3.05) is 11.5 Å². The quantitative estimate of drug-likeness (QED) is 0.293. The van der Waals surface area contributed by atoms with E-state index in [0.29, 0.717) is 21.9 Å². The molecule has 0 bridgehead atoms. The van der Waals surface area contributed by atoms with Crippen LogP contribution in [0.4, 0.5) is 0 Å². The molecule has 2 aliphatic rings. The Hall–Kier alpha value is -1.19. The van der Waals surface area contributed by atoms with Gasteiger partial charge in [-0.3, -0.25) is 19.3 Å². The summed E-state index contributed by atoms with van der Waals surface area (Å²) >= 11 is 4.85. The van der Waals surface area contributed by atoms with Crippen molar-refractivity contribution in [2.24, 2.45) is 5.73 Å². The molecule has 2 aliphatic heterocycles. The summed E-state index contributed by atoms with van der Waals surface area (Å²) in [7, 11) is 0. The van der Waals surface area contributed by atoms with Gasteiger partial charge in [-0.25, -0.2) is 4.98 Å². The van der Waals surface area contributed by atoms with Crippen LogP contribution in [0.3, 0.4) is 0 Å². The Balaban J connectivity index is 0.00000289. The second kappa shape index (κ2) is 10.8. The minimum atomic E-state index is -1.49. The van der Waals surface area contributed by atoms with Crippen LogP contribution in [0.25, 0.3) is 0 Å². The number of thioether (sulfide) groups is 2. The van der Waals surface area contributed by atoms with Gasteiger partial charge in [0.15, 0.2) is 5.01 Å². The minimum Gasteiger partial charge on any atom is -0.543 e. The molecule has 2 amide bonds. The first-order valence-electron chi connectivity index (χ1n) is 8.91. The molecule has 9 nitrogen and oxygen atoms in total. The molecule has 4 heterocycles. The van der Waals surface area contributed by atoms with Crippen LogP contribution in [0.15, 0.2) is 39.7 Å². The van der Waals surface area contributed by atoms with Crippen LogP contribution in [-0.2, 0) is 14.4 Å². The number of carbonyl (C=O) groups is 4. The van der Waals surface area contributed by atoms with Gasteiger partial charge in [-0.15, -0.1) is 23.1 Å². The molecule has 32 heavy (non-hydrogen) atoms. The predicted molar refractivity (Wildman–Crippen MR) is 117 cm³/mol. The van der Waals surface area contributed by atoms with Crippen LogP contribution in [0.1, 0.15) is 21.4 Å². The average Bonchev–Trinajstić information content (AvgIpc) is 3.48. The molecule has 1 fully saturated rings. The summed E-state index contributed by atoms with van der Waals surface area (Å²) in [6, 6.07) is -0.0584. The number of β-lactam (4-membered cyclic amide) rings is 1. The number of hydrogen-bond donors (Lipinski definition) is 2. The van der Waals surface area contributed by atoms with E-state index in [-0.39, 0.29) is 46.1 Å². The van der Waals surface area contributed by atoms with Gasteiger partial charge < -0.3 is 21.0 Å². The predicted octanol–water partition coefficient (Wildman–Crippen LogP) is -2.81. The fraction of sp³-hybridized carbons (Fsp3) is 0.278. The molecule has 3 N–H and O–H groups in total. The van der Waals surface area contributed by atoms with E-state index in [9.17, 15) is 24.3 Å². The summed E-state index contributed by atoms with van der Waals surface area (Å²) < 4.78 is 0. The Morgan fingerprint density at radius 1 is 1.38 bits per heavy atom. The number of nitrogens with two attached hydrogens (primary N) is 1. The van der Waals surface area contributed by atoms with Crippen molar-refractivity contribution in [3.63, 3.8) is 0 Å². The number of hydrogen-bond acceptors (Lipinski definition) is 11. The smallest absolute Gasteiger partial charge is 0.543 e. The maximum Gasteiger partial charge on any atom is 1.00 e. The summed E-state index contributed by atoms with van der Waals surface area (Å²) in [4.78, 5) is 54.1. The maximum atomic E-state index is 12.7. The summed E-state index contributed by atoms with van der Waals surface area (Å²) in [5.41, 5.74) is 6.77. The van der Waals surface area contributed by atoms with E-state index in [1.54, 1.807) is 22.2 Å². The van der Waals surface area contributed by atoms with Crippen LogP contribution < -0.4 is 45.7 Å². The molecular weight excluding hydrogens is 503 g/mol. The van der Waals surface area contributed by atoms with Crippen molar-refractivity contribution >= 4 is 69.1 Å². The van der Waals surface area contributed by atoms with Crippen molar-refractivity contribution in [3.05, 3.63) is 50.2 Å². The maximum absolute atomic E-state index is 12.7. The van der Waals surface area contributed by atoms with Gasteiger partial charge in [-0.05, 0) is 28.0 Å². The van der Waals surface area contributed by atoms with Crippen molar-refractivity contribution in [1.29, 1.82) is 0 Å². The van der Waals surface area contributed by atoms with E-state index in [1.807, 2.05) is 0 Å².